The summed E-state index contributed by atoms with van der Waals surface area (Å²) in [7, 11) is -2.58. The van der Waals surface area contributed by atoms with Gasteiger partial charge in [0.2, 0.25) is 11.8 Å². The van der Waals surface area contributed by atoms with E-state index in [1.807, 2.05) is 81.4 Å². The first kappa shape index (κ1) is 30.5. The summed E-state index contributed by atoms with van der Waals surface area (Å²) >= 11 is 0. The van der Waals surface area contributed by atoms with E-state index in [0.29, 0.717) is 5.69 Å². The first-order valence-electron chi connectivity index (χ1n) is 13.8. The predicted octanol–water partition coefficient (Wildman–Crippen LogP) is 5.19. The largest absolute Gasteiger partial charge is 0.357 e. The van der Waals surface area contributed by atoms with Crippen molar-refractivity contribution in [1.82, 2.24) is 10.2 Å². The Morgan fingerprint density at radius 2 is 1.36 bits per heavy atom. The van der Waals surface area contributed by atoms with Gasteiger partial charge in [0.05, 0.1) is 10.6 Å². The van der Waals surface area contributed by atoms with E-state index in [0.717, 1.165) is 32.1 Å². The number of carbonyl (C=O) groups excluding carboxylic acids is 2. The normalized spacial score (nSPS) is 11.9. The van der Waals surface area contributed by atoms with E-state index in [9.17, 15) is 18.0 Å². The first-order chi connectivity index (χ1) is 20.1. The quantitative estimate of drug-likeness (QED) is 0.263. The van der Waals surface area contributed by atoms with Gasteiger partial charge in [-0.05, 0) is 61.7 Å². The van der Waals surface area contributed by atoms with Crippen molar-refractivity contribution in [1.29, 1.82) is 0 Å². The summed E-state index contributed by atoms with van der Waals surface area (Å²) in [5, 5.41) is 2.70. The van der Waals surface area contributed by atoms with Crippen LogP contribution in [-0.4, -0.2) is 44.8 Å². The SMILES string of the molecule is CNC(=O)C(Cc1ccccc1)N(Cc1ccc(C)cc1)C(=O)CN(c1cccc(C)c1)S(=O)(=O)c1ccc(C)cc1. The Balaban J connectivity index is 1.78. The molecule has 0 aliphatic rings. The van der Waals surface area contributed by atoms with Gasteiger partial charge in [-0.15, -0.1) is 0 Å². The lowest BCUT2D eigenvalue weighted by molar-refractivity contribution is -0.139. The summed E-state index contributed by atoms with van der Waals surface area (Å²) in [4.78, 5) is 29.2. The molecule has 1 atom stereocenters. The molecule has 42 heavy (non-hydrogen) atoms. The van der Waals surface area contributed by atoms with Crippen LogP contribution in [0.15, 0.2) is 108 Å². The van der Waals surface area contributed by atoms with E-state index in [1.165, 1.54) is 11.9 Å². The number of hydrogen-bond acceptors (Lipinski definition) is 4. The van der Waals surface area contributed by atoms with E-state index >= 15 is 0 Å². The Morgan fingerprint density at radius 3 is 1.95 bits per heavy atom. The minimum atomic E-state index is -4.12. The second-order valence-electron chi connectivity index (χ2n) is 10.5. The Hall–Kier alpha value is -4.43. The summed E-state index contributed by atoms with van der Waals surface area (Å²) < 4.78 is 29.2. The number of aryl methyl sites for hydroxylation is 3. The second kappa shape index (κ2) is 13.5. The van der Waals surface area contributed by atoms with Gasteiger partial charge < -0.3 is 10.2 Å². The molecule has 0 bridgehead atoms. The average molecular weight is 584 g/mol. The Kier molecular flexibility index (Phi) is 9.80. The maximum absolute atomic E-state index is 14.3. The van der Waals surface area contributed by atoms with Crippen LogP contribution in [0, 0.1) is 20.8 Å². The van der Waals surface area contributed by atoms with Crippen molar-refractivity contribution in [2.75, 3.05) is 17.9 Å². The van der Waals surface area contributed by atoms with Gasteiger partial charge in [-0.3, -0.25) is 13.9 Å². The van der Waals surface area contributed by atoms with Gasteiger partial charge in [-0.25, -0.2) is 8.42 Å². The lowest BCUT2D eigenvalue weighted by Gasteiger charge is -2.33. The molecule has 0 aliphatic heterocycles. The van der Waals surface area contributed by atoms with E-state index in [2.05, 4.69) is 5.32 Å². The zero-order chi connectivity index (χ0) is 30.3. The third-order valence-electron chi connectivity index (χ3n) is 7.17. The van der Waals surface area contributed by atoms with Crippen LogP contribution in [0.2, 0.25) is 0 Å². The van der Waals surface area contributed by atoms with Gasteiger partial charge in [0, 0.05) is 20.0 Å². The predicted molar refractivity (Wildman–Crippen MR) is 167 cm³/mol. The van der Waals surface area contributed by atoms with Gasteiger partial charge in [-0.1, -0.05) is 90.0 Å². The molecule has 4 aromatic rings. The third-order valence-corrected chi connectivity index (χ3v) is 8.96. The zero-order valence-electron chi connectivity index (χ0n) is 24.4. The van der Waals surface area contributed by atoms with Crippen molar-refractivity contribution in [3.8, 4) is 0 Å². The summed E-state index contributed by atoms with van der Waals surface area (Å²) in [6.45, 7) is 5.38. The fourth-order valence-electron chi connectivity index (χ4n) is 4.76. The number of likely N-dealkylation sites (N-methyl/N-ethyl adjacent to an activating group) is 1. The van der Waals surface area contributed by atoms with Crippen LogP contribution in [0.5, 0.6) is 0 Å². The number of rotatable bonds is 11. The number of nitrogens with one attached hydrogen (secondary N) is 1. The first-order valence-corrected chi connectivity index (χ1v) is 15.3. The number of anilines is 1. The van der Waals surface area contributed by atoms with Crippen molar-refractivity contribution in [2.24, 2.45) is 0 Å². The molecule has 8 heteroatoms. The lowest BCUT2D eigenvalue weighted by Crippen LogP contribution is -2.53. The van der Waals surface area contributed by atoms with Crippen LogP contribution in [0.3, 0.4) is 0 Å². The molecule has 4 aromatic carbocycles. The fourth-order valence-corrected chi connectivity index (χ4v) is 6.17. The van der Waals surface area contributed by atoms with Crippen LogP contribution in [0.1, 0.15) is 27.8 Å². The Morgan fingerprint density at radius 1 is 0.738 bits per heavy atom. The van der Waals surface area contributed by atoms with Crippen molar-refractivity contribution in [2.45, 2.75) is 44.7 Å². The van der Waals surface area contributed by atoms with Gasteiger partial charge in [0.15, 0.2) is 0 Å². The summed E-state index contributed by atoms with van der Waals surface area (Å²) in [5.41, 5.74) is 4.94. The topological polar surface area (TPSA) is 86.8 Å². The molecule has 4 rings (SSSR count). The van der Waals surface area contributed by atoms with Crippen LogP contribution in [-0.2, 0) is 32.6 Å². The maximum Gasteiger partial charge on any atom is 0.264 e. The Labute approximate surface area is 248 Å². The molecular weight excluding hydrogens is 546 g/mol. The molecule has 1 N–H and O–H groups in total. The summed E-state index contributed by atoms with van der Waals surface area (Å²) in [6.07, 6.45) is 0.271. The molecule has 2 amide bonds. The number of amides is 2. The molecular formula is C34H37N3O4S. The van der Waals surface area contributed by atoms with Crippen LogP contribution < -0.4 is 9.62 Å². The molecule has 7 nitrogen and oxygen atoms in total. The molecule has 0 radical (unpaired) electrons. The number of carbonyl (C=O) groups is 2. The molecule has 0 spiro atoms. The van der Waals surface area contributed by atoms with Crippen molar-refractivity contribution in [3.63, 3.8) is 0 Å². The monoisotopic (exact) mass is 583 g/mol. The van der Waals surface area contributed by atoms with E-state index in [-0.39, 0.29) is 23.8 Å². The smallest absolute Gasteiger partial charge is 0.264 e. The average Bonchev–Trinajstić information content (AvgIpc) is 2.98. The molecule has 0 saturated carbocycles. The van der Waals surface area contributed by atoms with Gasteiger partial charge >= 0.3 is 0 Å². The highest BCUT2D eigenvalue weighted by atomic mass is 32.2. The van der Waals surface area contributed by atoms with Crippen molar-refractivity contribution >= 4 is 27.5 Å². The number of nitrogens with zero attached hydrogens (tertiary/aromatic N) is 2. The molecule has 0 aliphatic carbocycles. The van der Waals surface area contributed by atoms with E-state index in [4.69, 9.17) is 0 Å². The molecule has 0 heterocycles. The summed E-state index contributed by atoms with van der Waals surface area (Å²) in [5.74, 6) is -0.819. The lowest BCUT2D eigenvalue weighted by atomic mass is 10.0. The molecule has 0 saturated heterocycles. The third kappa shape index (κ3) is 7.44. The molecule has 0 aromatic heterocycles. The molecule has 218 valence electrons. The standard InChI is InChI=1S/C34H37N3O4S/c1-25-13-17-29(18-14-25)23-36(32(34(39)35-4)22-28-10-6-5-7-11-28)33(38)24-37(30-12-8-9-27(3)21-30)42(40,41)31-19-15-26(2)16-20-31/h5-21,32H,22-24H2,1-4H3,(H,35,39). The molecule has 0 fully saturated rings. The van der Waals surface area contributed by atoms with Crippen LogP contribution in [0.25, 0.3) is 0 Å². The highest BCUT2D eigenvalue weighted by Crippen LogP contribution is 2.26. The van der Waals surface area contributed by atoms with Crippen molar-refractivity contribution < 1.29 is 18.0 Å². The van der Waals surface area contributed by atoms with Crippen LogP contribution in [0.4, 0.5) is 5.69 Å². The van der Waals surface area contributed by atoms with Gasteiger partial charge in [-0.2, -0.15) is 0 Å². The second-order valence-corrected chi connectivity index (χ2v) is 12.4. The van der Waals surface area contributed by atoms with E-state index < -0.39 is 28.5 Å². The maximum atomic E-state index is 14.3. The summed E-state index contributed by atoms with van der Waals surface area (Å²) in [6, 6.07) is 29.9. The Bertz CT molecular complexity index is 1620. The zero-order valence-corrected chi connectivity index (χ0v) is 25.3. The molecule has 1 unspecified atom stereocenters. The van der Waals surface area contributed by atoms with Gasteiger partial charge in [0.25, 0.3) is 10.0 Å². The minimum Gasteiger partial charge on any atom is -0.357 e. The highest BCUT2D eigenvalue weighted by molar-refractivity contribution is 7.92. The fraction of sp³-hybridized carbons (Fsp3) is 0.235. The highest BCUT2D eigenvalue weighted by Gasteiger charge is 2.34. The van der Waals surface area contributed by atoms with Crippen molar-refractivity contribution in [3.05, 3.63) is 131 Å². The van der Waals surface area contributed by atoms with Crippen LogP contribution >= 0.6 is 0 Å². The van der Waals surface area contributed by atoms with E-state index in [1.54, 1.807) is 42.5 Å². The van der Waals surface area contributed by atoms with Gasteiger partial charge in [0.1, 0.15) is 12.6 Å². The minimum absolute atomic E-state index is 0.0830. The number of sulfonamides is 1. The number of benzene rings is 4. The number of hydrogen-bond donors (Lipinski definition) is 1.